The molecule has 0 aliphatic rings. The number of carbonyl (C=O) groups excluding carboxylic acids is 2. The van der Waals surface area contributed by atoms with Crippen molar-refractivity contribution in [2.24, 2.45) is 0 Å². The molecule has 3 rings (SSSR count). The molecule has 1 unspecified atom stereocenters. The van der Waals surface area contributed by atoms with E-state index >= 15 is 0 Å². The summed E-state index contributed by atoms with van der Waals surface area (Å²) in [5.41, 5.74) is 0.586. The second-order valence-corrected chi connectivity index (χ2v) is 9.20. The Labute approximate surface area is 204 Å². The lowest BCUT2D eigenvalue weighted by molar-refractivity contribution is -0.137. The van der Waals surface area contributed by atoms with E-state index in [-0.39, 0.29) is 16.6 Å². The van der Waals surface area contributed by atoms with E-state index in [2.05, 4.69) is 10.6 Å². The predicted octanol–water partition coefficient (Wildman–Crippen LogP) is 7.43. The van der Waals surface area contributed by atoms with E-state index < -0.39 is 22.9 Å². The third kappa shape index (κ3) is 6.55. The van der Waals surface area contributed by atoms with E-state index in [1.54, 1.807) is 43.3 Å². The number of hydrogen-bond acceptors (Lipinski definition) is 3. The van der Waals surface area contributed by atoms with Crippen LogP contribution in [0.3, 0.4) is 0 Å². The number of thioether (sulfide) groups is 1. The summed E-state index contributed by atoms with van der Waals surface area (Å²) < 4.78 is 40.1. The van der Waals surface area contributed by atoms with Crippen molar-refractivity contribution >= 4 is 46.6 Å². The third-order valence-electron chi connectivity index (χ3n) is 4.97. The zero-order chi connectivity index (χ0) is 24.9. The SMILES string of the molecule is CCC(Sc1cccc(NC(=O)c2ccccc2C)c1)C(=O)Nc1ccc(Cl)cc1C(F)(F)F. The van der Waals surface area contributed by atoms with Crippen LogP contribution in [0.5, 0.6) is 0 Å². The van der Waals surface area contributed by atoms with Crippen LogP contribution in [0.4, 0.5) is 24.5 Å². The molecule has 1 atom stereocenters. The van der Waals surface area contributed by atoms with Gasteiger partial charge in [-0.2, -0.15) is 13.2 Å². The van der Waals surface area contributed by atoms with Crippen LogP contribution in [0.1, 0.15) is 34.8 Å². The van der Waals surface area contributed by atoms with Crippen LogP contribution < -0.4 is 10.6 Å². The van der Waals surface area contributed by atoms with E-state index in [1.165, 1.54) is 17.8 Å². The number of alkyl halides is 3. The van der Waals surface area contributed by atoms with Gasteiger partial charge in [-0.15, -0.1) is 11.8 Å². The van der Waals surface area contributed by atoms with Gasteiger partial charge in [-0.1, -0.05) is 42.8 Å². The number of anilines is 2. The van der Waals surface area contributed by atoms with Crippen LogP contribution in [0.15, 0.2) is 71.6 Å². The summed E-state index contributed by atoms with van der Waals surface area (Å²) in [6.07, 6.45) is -4.28. The van der Waals surface area contributed by atoms with Crippen LogP contribution in [0, 0.1) is 6.92 Å². The zero-order valence-electron chi connectivity index (χ0n) is 18.4. The van der Waals surface area contributed by atoms with Gasteiger partial charge in [0.15, 0.2) is 0 Å². The van der Waals surface area contributed by atoms with Crippen LogP contribution in [-0.4, -0.2) is 17.1 Å². The number of benzene rings is 3. The topological polar surface area (TPSA) is 58.2 Å². The van der Waals surface area contributed by atoms with Crippen molar-refractivity contribution in [1.29, 1.82) is 0 Å². The molecule has 0 saturated carbocycles. The Kier molecular flexibility index (Phi) is 8.28. The number of carbonyl (C=O) groups is 2. The summed E-state index contributed by atoms with van der Waals surface area (Å²) in [7, 11) is 0. The van der Waals surface area contributed by atoms with Crippen molar-refractivity contribution in [3.8, 4) is 0 Å². The van der Waals surface area contributed by atoms with E-state index in [0.29, 0.717) is 22.6 Å². The molecule has 178 valence electrons. The van der Waals surface area contributed by atoms with Crippen LogP contribution >= 0.6 is 23.4 Å². The Hall–Kier alpha value is -2.97. The molecule has 2 amide bonds. The minimum atomic E-state index is -4.66. The van der Waals surface area contributed by atoms with Crippen LogP contribution in [0.25, 0.3) is 0 Å². The molecule has 0 saturated heterocycles. The highest BCUT2D eigenvalue weighted by atomic mass is 35.5. The van der Waals surface area contributed by atoms with Crippen molar-refractivity contribution in [3.05, 3.63) is 88.4 Å². The zero-order valence-corrected chi connectivity index (χ0v) is 19.9. The Morgan fingerprint density at radius 2 is 1.74 bits per heavy atom. The number of nitrogens with one attached hydrogen (secondary N) is 2. The smallest absolute Gasteiger partial charge is 0.325 e. The van der Waals surface area contributed by atoms with E-state index in [0.717, 1.165) is 17.7 Å². The van der Waals surface area contributed by atoms with Crippen molar-refractivity contribution in [2.75, 3.05) is 10.6 Å². The first-order chi connectivity index (χ1) is 16.1. The van der Waals surface area contributed by atoms with Gasteiger partial charge in [-0.3, -0.25) is 9.59 Å². The standard InChI is InChI=1S/C25H22ClF3N2O2S/c1-3-22(24(33)31-21-12-11-16(26)13-20(21)25(27,28)29)34-18-9-6-8-17(14-18)30-23(32)19-10-5-4-7-15(19)2/h4-14,22H,3H2,1-2H3,(H,30,32)(H,31,33). The largest absolute Gasteiger partial charge is 0.418 e. The van der Waals surface area contributed by atoms with Crippen molar-refractivity contribution in [2.45, 2.75) is 36.6 Å². The maximum Gasteiger partial charge on any atom is 0.418 e. The van der Waals surface area contributed by atoms with Gasteiger partial charge < -0.3 is 10.6 Å². The minimum absolute atomic E-state index is 0.0729. The summed E-state index contributed by atoms with van der Waals surface area (Å²) in [5.74, 6) is -0.817. The van der Waals surface area contributed by atoms with Crippen molar-refractivity contribution < 1.29 is 22.8 Å². The van der Waals surface area contributed by atoms with Gasteiger partial charge in [0.1, 0.15) is 0 Å². The molecule has 0 aromatic heterocycles. The first-order valence-electron chi connectivity index (χ1n) is 10.4. The molecule has 0 aliphatic heterocycles. The molecule has 3 aromatic rings. The minimum Gasteiger partial charge on any atom is -0.325 e. The summed E-state index contributed by atoms with van der Waals surface area (Å²) in [5, 5.41) is 4.49. The number of aryl methyl sites for hydroxylation is 1. The maximum absolute atomic E-state index is 13.4. The lowest BCUT2D eigenvalue weighted by atomic mass is 10.1. The third-order valence-corrected chi connectivity index (χ3v) is 6.56. The molecule has 0 heterocycles. The van der Waals surface area contributed by atoms with Gasteiger partial charge in [0, 0.05) is 21.2 Å². The second-order valence-electron chi connectivity index (χ2n) is 7.49. The predicted molar refractivity (Wildman–Crippen MR) is 131 cm³/mol. The molecule has 9 heteroatoms. The fourth-order valence-corrected chi connectivity index (χ4v) is 4.42. The first kappa shape index (κ1) is 25.6. The summed E-state index contributed by atoms with van der Waals surface area (Å²) in [6, 6.07) is 17.4. The van der Waals surface area contributed by atoms with Crippen molar-refractivity contribution in [3.63, 3.8) is 0 Å². The Morgan fingerprint density at radius 3 is 2.41 bits per heavy atom. The lowest BCUT2D eigenvalue weighted by Gasteiger charge is -2.18. The summed E-state index contributed by atoms with van der Waals surface area (Å²) >= 11 is 6.91. The number of rotatable bonds is 7. The molecule has 3 aromatic carbocycles. The van der Waals surface area contributed by atoms with Crippen LogP contribution in [-0.2, 0) is 11.0 Å². The van der Waals surface area contributed by atoms with E-state index in [4.69, 9.17) is 11.6 Å². The van der Waals surface area contributed by atoms with Gasteiger partial charge in [0.2, 0.25) is 5.91 Å². The molecule has 0 fully saturated rings. The monoisotopic (exact) mass is 506 g/mol. The lowest BCUT2D eigenvalue weighted by Crippen LogP contribution is -2.26. The highest BCUT2D eigenvalue weighted by Gasteiger charge is 2.34. The summed E-state index contributed by atoms with van der Waals surface area (Å²) in [6.45, 7) is 3.62. The van der Waals surface area contributed by atoms with Gasteiger partial charge >= 0.3 is 6.18 Å². The molecular weight excluding hydrogens is 485 g/mol. The number of amides is 2. The van der Waals surface area contributed by atoms with Crippen LogP contribution in [0.2, 0.25) is 5.02 Å². The molecule has 0 bridgehead atoms. The molecule has 4 nitrogen and oxygen atoms in total. The molecule has 0 radical (unpaired) electrons. The molecular formula is C25H22ClF3N2O2S. The summed E-state index contributed by atoms with van der Waals surface area (Å²) in [4.78, 5) is 26.1. The average Bonchev–Trinajstić information content (AvgIpc) is 2.78. The normalized spacial score (nSPS) is 12.2. The fraction of sp³-hybridized carbons (Fsp3) is 0.200. The quantitative estimate of drug-likeness (QED) is 0.328. The number of halogens is 4. The Bertz CT molecular complexity index is 1200. The van der Waals surface area contributed by atoms with Gasteiger partial charge in [-0.25, -0.2) is 0 Å². The number of hydrogen-bond donors (Lipinski definition) is 2. The van der Waals surface area contributed by atoms with Crippen molar-refractivity contribution in [1.82, 2.24) is 0 Å². The van der Waals surface area contributed by atoms with Gasteiger partial charge in [0.25, 0.3) is 5.91 Å². The first-order valence-corrected chi connectivity index (χ1v) is 11.7. The average molecular weight is 507 g/mol. The Morgan fingerprint density at radius 1 is 1.00 bits per heavy atom. The molecule has 0 spiro atoms. The van der Waals surface area contributed by atoms with E-state index in [9.17, 15) is 22.8 Å². The maximum atomic E-state index is 13.4. The molecule has 2 N–H and O–H groups in total. The highest BCUT2D eigenvalue weighted by molar-refractivity contribution is 8.00. The van der Waals surface area contributed by atoms with Gasteiger partial charge in [-0.05, 0) is 61.4 Å². The Balaban J connectivity index is 1.73. The van der Waals surface area contributed by atoms with E-state index in [1.807, 2.05) is 19.1 Å². The fourth-order valence-electron chi connectivity index (χ4n) is 3.23. The van der Waals surface area contributed by atoms with Gasteiger partial charge in [0.05, 0.1) is 16.5 Å². The molecule has 0 aliphatic carbocycles. The second kappa shape index (κ2) is 11.0. The molecule has 34 heavy (non-hydrogen) atoms. The highest BCUT2D eigenvalue weighted by Crippen LogP contribution is 2.37.